The Morgan fingerprint density at radius 2 is 2.08 bits per heavy atom. The Balaban J connectivity index is 1.73. The van der Waals surface area contributed by atoms with Crippen LogP contribution in [0, 0.1) is 5.82 Å². The molecule has 24 heavy (non-hydrogen) atoms. The average molecular weight is 392 g/mol. The second-order valence-corrected chi connectivity index (χ2v) is 6.53. The number of ketones is 1. The van der Waals surface area contributed by atoms with Crippen molar-refractivity contribution in [3.63, 3.8) is 0 Å². The summed E-state index contributed by atoms with van der Waals surface area (Å²) in [6.07, 6.45) is 0.260. The lowest BCUT2D eigenvalue weighted by molar-refractivity contribution is -0.118. The van der Waals surface area contributed by atoms with E-state index in [0.717, 1.165) is 4.47 Å². The van der Waals surface area contributed by atoms with E-state index in [9.17, 15) is 14.0 Å². The van der Waals surface area contributed by atoms with Gasteiger partial charge in [0.25, 0.3) is 5.91 Å². The number of anilines is 1. The Morgan fingerprint density at radius 1 is 1.33 bits per heavy atom. The molecule has 0 fully saturated rings. The Hall–Kier alpha value is -2.21. The van der Waals surface area contributed by atoms with Gasteiger partial charge in [-0.3, -0.25) is 9.59 Å². The molecule has 6 heteroatoms. The molecule has 1 aliphatic rings. The van der Waals surface area contributed by atoms with Crippen molar-refractivity contribution in [2.75, 3.05) is 11.9 Å². The molecule has 0 spiro atoms. The monoisotopic (exact) mass is 391 g/mol. The van der Waals surface area contributed by atoms with Crippen molar-refractivity contribution in [1.82, 2.24) is 0 Å². The number of hydrogen-bond donors (Lipinski definition) is 1. The number of nitrogens with one attached hydrogen (secondary N) is 1. The van der Waals surface area contributed by atoms with Crippen molar-refractivity contribution in [1.29, 1.82) is 0 Å². The minimum atomic E-state index is -0.409. The molecule has 0 heterocycles. The van der Waals surface area contributed by atoms with Crippen molar-refractivity contribution in [3.05, 3.63) is 57.8 Å². The summed E-state index contributed by atoms with van der Waals surface area (Å²) in [5.74, 6) is -0.849. The third kappa shape index (κ3) is 3.19. The minimum Gasteiger partial charge on any atom is -0.483 e. The van der Waals surface area contributed by atoms with Gasteiger partial charge in [-0.15, -0.1) is 0 Å². The van der Waals surface area contributed by atoms with Gasteiger partial charge in [0.2, 0.25) is 0 Å². The van der Waals surface area contributed by atoms with E-state index < -0.39 is 5.82 Å². The fourth-order valence-corrected chi connectivity index (χ4v) is 3.22. The van der Waals surface area contributed by atoms with E-state index in [2.05, 4.69) is 21.2 Å². The van der Waals surface area contributed by atoms with Crippen molar-refractivity contribution in [2.24, 2.45) is 0 Å². The fraction of sp³-hybridized carbons (Fsp3) is 0.222. The van der Waals surface area contributed by atoms with E-state index in [1.807, 2.05) is 12.1 Å². The highest BCUT2D eigenvalue weighted by Crippen LogP contribution is 2.39. The van der Waals surface area contributed by atoms with Gasteiger partial charge in [-0.1, -0.05) is 19.1 Å². The van der Waals surface area contributed by atoms with Gasteiger partial charge in [0, 0.05) is 16.5 Å². The Labute approximate surface area is 147 Å². The van der Waals surface area contributed by atoms with Crippen LogP contribution in [0.2, 0.25) is 0 Å². The number of fused-ring (bicyclic) bond motifs is 1. The third-order valence-electron chi connectivity index (χ3n) is 3.92. The zero-order chi connectivity index (χ0) is 17.3. The van der Waals surface area contributed by atoms with Crippen LogP contribution in [0.15, 0.2) is 40.9 Å². The van der Waals surface area contributed by atoms with Crippen LogP contribution in [0.25, 0.3) is 0 Å². The molecule has 0 saturated carbocycles. The highest BCUT2D eigenvalue weighted by atomic mass is 79.9. The Morgan fingerprint density at radius 3 is 2.83 bits per heavy atom. The first-order valence-corrected chi connectivity index (χ1v) is 8.29. The smallest absolute Gasteiger partial charge is 0.262 e. The zero-order valence-corrected chi connectivity index (χ0v) is 14.5. The highest BCUT2D eigenvalue weighted by Gasteiger charge is 2.32. The van der Waals surface area contributed by atoms with Crippen LogP contribution >= 0.6 is 15.9 Å². The molecule has 1 amide bonds. The summed E-state index contributed by atoms with van der Waals surface area (Å²) < 4.78 is 20.2. The third-order valence-corrected chi connectivity index (χ3v) is 4.62. The lowest BCUT2D eigenvalue weighted by atomic mass is 10.0. The van der Waals surface area contributed by atoms with Gasteiger partial charge in [0.1, 0.15) is 11.6 Å². The number of benzene rings is 2. The standard InChI is InChI=1S/C18H15BrFNO3/c1-10-8-14(22)18-15(7-6-12(20)17(10)18)24-9-16(23)21-13-5-3-2-4-11(13)19/h2-7,10H,8-9H2,1H3,(H,21,23)/t10-/m1/s1. The van der Waals surface area contributed by atoms with Crippen LogP contribution in [-0.2, 0) is 4.79 Å². The van der Waals surface area contributed by atoms with Crippen molar-refractivity contribution >= 4 is 33.3 Å². The van der Waals surface area contributed by atoms with Crippen LogP contribution < -0.4 is 10.1 Å². The molecule has 0 aromatic heterocycles. The van der Waals surface area contributed by atoms with E-state index in [-0.39, 0.29) is 41.9 Å². The average Bonchev–Trinajstić information content (AvgIpc) is 2.85. The number of amides is 1. The lowest BCUT2D eigenvalue weighted by Crippen LogP contribution is -2.21. The van der Waals surface area contributed by atoms with Gasteiger partial charge in [0.05, 0.1) is 11.3 Å². The number of hydrogen-bond acceptors (Lipinski definition) is 3. The molecule has 1 aliphatic carbocycles. The largest absolute Gasteiger partial charge is 0.483 e. The molecule has 0 unspecified atom stereocenters. The van der Waals surface area contributed by atoms with Crippen LogP contribution in [-0.4, -0.2) is 18.3 Å². The molecule has 1 atom stereocenters. The van der Waals surface area contributed by atoms with Gasteiger partial charge in [0.15, 0.2) is 12.4 Å². The van der Waals surface area contributed by atoms with Crippen LogP contribution in [0.1, 0.15) is 35.2 Å². The van der Waals surface area contributed by atoms with E-state index in [1.165, 1.54) is 12.1 Å². The van der Waals surface area contributed by atoms with Crippen LogP contribution in [0.4, 0.5) is 10.1 Å². The molecule has 0 aliphatic heterocycles. The molecular weight excluding hydrogens is 377 g/mol. The number of ether oxygens (including phenoxy) is 1. The number of rotatable bonds is 4. The van der Waals surface area contributed by atoms with Gasteiger partial charge >= 0.3 is 0 Å². The molecule has 2 aromatic carbocycles. The number of carbonyl (C=O) groups is 2. The zero-order valence-electron chi connectivity index (χ0n) is 12.9. The molecule has 0 bridgehead atoms. The predicted molar refractivity (Wildman–Crippen MR) is 92.0 cm³/mol. The van der Waals surface area contributed by atoms with Crippen LogP contribution in [0.3, 0.4) is 0 Å². The summed E-state index contributed by atoms with van der Waals surface area (Å²) in [7, 11) is 0. The first-order valence-electron chi connectivity index (χ1n) is 7.50. The molecule has 1 N–H and O–H groups in total. The fourth-order valence-electron chi connectivity index (χ4n) is 2.84. The molecule has 124 valence electrons. The molecular formula is C18H15BrFNO3. The van der Waals surface area contributed by atoms with Crippen molar-refractivity contribution < 1.29 is 18.7 Å². The quantitative estimate of drug-likeness (QED) is 0.845. The summed E-state index contributed by atoms with van der Waals surface area (Å²) in [5, 5.41) is 2.71. The second-order valence-electron chi connectivity index (χ2n) is 5.68. The van der Waals surface area contributed by atoms with Gasteiger partial charge in [-0.2, -0.15) is 0 Å². The highest BCUT2D eigenvalue weighted by molar-refractivity contribution is 9.10. The van der Waals surface area contributed by atoms with E-state index in [4.69, 9.17) is 4.74 Å². The maximum atomic E-state index is 13.9. The summed E-state index contributed by atoms with van der Waals surface area (Å²) in [6.45, 7) is 1.54. The topological polar surface area (TPSA) is 55.4 Å². The van der Waals surface area contributed by atoms with Gasteiger partial charge < -0.3 is 10.1 Å². The van der Waals surface area contributed by atoms with E-state index in [0.29, 0.717) is 11.3 Å². The molecule has 4 nitrogen and oxygen atoms in total. The number of Topliss-reactive ketones (excluding diaryl/α,β-unsaturated/α-hetero) is 1. The SMILES string of the molecule is C[C@@H]1CC(=O)c2c(OCC(=O)Nc3ccccc3Br)ccc(F)c21. The van der Waals surface area contributed by atoms with Crippen molar-refractivity contribution in [3.8, 4) is 5.75 Å². The summed E-state index contributed by atoms with van der Waals surface area (Å²) >= 11 is 3.34. The van der Waals surface area contributed by atoms with Gasteiger partial charge in [-0.25, -0.2) is 4.39 Å². The molecule has 2 aromatic rings. The van der Waals surface area contributed by atoms with E-state index in [1.54, 1.807) is 19.1 Å². The maximum Gasteiger partial charge on any atom is 0.262 e. The Kier molecular flexibility index (Phi) is 4.66. The van der Waals surface area contributed by atoms with Crippen molar-refractivity contribution in [2.45, 2.75) is 19.3 Å². The molecule has 0 radical (unpaired) electrons. The van der Waals surface area contributed by atoms with Crippen LogP contribution in [0.5, 0.6) is 5.75 Å². The normalized spacial score (nSPS) is 16.0. The number of halogens is 2. The minimum absolute atomic E-state index is 0.154. The maximum absolute atomic E-state index is 13.9. The van der Waals surface area contributed by atoms with E-state index >= 15 is 0 Å². The van der Waals surface area contributed by atoms with Gasteiger partial charge in [-0.05, 0) is 46.1 Å². The first kappa shape index (κ1) is 16.6. The molecule has 0 saturated heterocycles. The summed E-state index contributed by atoms with van der Waals surface area (Å²) in [4.78, 5) is 24.1. The summed E-state index contributed by atoms with van der Waals surface area (Å²) in [6, 6.07) is 9.87. The number of para-hydroxylation sites is 1. The first-order chi connectivity index (χ1) is 11.5. The predicted octanol–water partition coefficient (Wildman–Crippen LogP) is 4.30. The summed E-state index contributed by atoms with van der Waals surface area (Å²) in [5.41, 5.74) is 1.26. The number of carbonyl (C=O) groups excluding carboxylic acids is 2. The Bertz CT molecular complexity index is 822. The second kappa shape index (κ2) is 6.73. The molecule has 3 rings (SSSR count). The lowest BCUT2D eigenvalue weighted by Gasteiger charge is -2.12.